The van der Waals surface area contributed by atoms with Crippen molar-refractivity contribution in [3.8, 4) is 11.3 Å². The van der Waals surface area contributed by atoms with Crippen LogP contribution in [0.15, 0.2) is 59.6 Å². The molecule has 7 nitrogen and oxygen atoms in total. The Labute approximate surface area is 149 Å². The topological polar surface area (TPSA) is 76.5 Å². The van der Waals surface area contributed by atoms with Gasteiger partial charge in [-0.15, -0.1) is 0 Å². The second-order valence-electron chi connectivity index (χ2n) is 6.18. The van der Waals surface area contributed by atoms with E-state index < -0.39 is 0 Å². The maximum absolute atomic E-state index is 12.7. The van der Waals surface area contributed by atoms with Crippen LogP contribution in [0.5, 0.6) is 0 Å². The van der Waals surface area contributed by atoms with E-state index in [4.69, 9.17) is 4.52 Å². The minimum Gasteiger partial charge on any atom is -0.359 e. The van der Waals surface area contributed by atoms with E-state index in [9.17, 15) is 4.79 Å². The van der Waals surface area contributed by atoms with Gasteiger partial charge in [0.15, 0.2) is 5.76 Å². The molecule has 0 bridgehead atoms. The summed E-state index contributed by atoms with van der Waals surface area (Å²) in [5, 5.41) is 4.04. The number of carbonyl (C=O) groups excluding carboxylic acids is 1. The Bertz CT molecular complexity index is 1070. The van der Waals surface area contributed by atoms with Crippen LogP contribution in [0.2, 0.25) is 0 Å². The van der Waals surface area contributed by atoms with Crippen LogP contribution in [0, 0.1) is 6.92 Å². The minimum atomic E-state index is -0.175. The van der Waals surface area contributed by atoms with Crippen molar-refractivity contribution in [2.75, 3.05) is 7.05 Å². The largest absolute Gasteiger partial charge is 0.359 e. The minimum absolute atomic E-state index is 0.175. The van der Waals surface area contributed by atoms with Crippen molar-refractivity contribution >= 4 is 11.6 Å². The van der Waals surface area contributed by atoms with Crippen molar-refractivity contribution < 1.29 is 9.32 Å². The predicted octanol–water partition coefficient (Wildman–Crippen LogP) is 2.96. The van der Waals surface area contributed by atoms with Crippen molar-refractivity contribution in [2.45, 2.75) is 13.5 Å². The molecule has 0 unspecified atom stereocenters. The number of nitrogens with zero attached hydrogens (tertiary/aromatic N) is 5. The van der Waals surface area contributed by atoms with Crippen LogP contribution in [-0.4, -0.2) is 37.4 Å². The molecule has 7 heteroatoms. The summed E-state index contributed by atoms with van der Waals surface area (Å²) in [6.07, 6.45) is 7.10. The molecule has 26 heavy (non-hydrogen) atoms. The van der Waals surface area contributed by atoms with Crippen molar-refractivity contribution in [3.63, 3.8) is 0 Å². The van der Waals surface area contributed by atoms with E-state index in [-0.39, 0.29) is 5.91 Å². The Morgan fingerprint density at radius 1 is 1.27 bits per heavy atom. The molecule has 0 atom stereocenters. The molecular weight excluding hydrogens is 330 g/mol. The van der Waals surface area contributed by atoms with Crippen LogP contribution in [-0.2, 0) is 6.54 Å². The Kier molecular flexibility index (Phi) is 3.96. The van der Waals surface area contributed by atoms with Gasteiger partial charge in [-0.05, 0) is 30.7 Å². The average molecular weight is 347 g/mol. The van der Waals surface area contributed by atoms with Crippen LogP contribution in [0.4, 0.5) is 0 Å². The van der Waals surface area contributed by atoms with Crippen molar-refractivity contribution in [3.05, 3.63) is 72.1 Å². The van der Waals surface area contributed by atoms with E-state index in [2.05, 4.69) is 15.1 Å². The number of fused-ring (bicyclic) bond motifs is 1. The Morgan fingerprint density at radius 3 is 2.96 bits per heavy atom. The number of pyridine rings is 2. The van der Waals surface area contributed by atoms with Gasteiger partial charge in [0.1, 0.15) is 17.0 Å². The Morgan fingerprint density at radius 2 is 2.15 bits per heavy atom. The fraction of sp³-hybridized carbons (Fsp3) is 0.158. The van der Waals surface area contributed by atoms with Gasteiger partial charge in [0.2, 0.25) is 0 Å². The first kappa shape index (κ1) is 16.0. The number of hydrogen-bond acceptors (Lipinski definition) is 5. The predicted molar refractivity (Wildman–Crippen MR) is 95.5 cm³/mol. The highest BCUT2D eigenvalue weighted by atomic mass is 16.5. The molecule has 0 aliphatic heterocycles. The van der Waals surface area contributed by atoms with Crippen LogP contribution in [0.1, 0.15) is 21.8 Å². The third kappa shape index (κ3) is 3.06. The number of rotatable bonds is 4. The number of aryl methyl sites for hydroxylation is 1. The molecule has 130 valence electrons. The van der Waals surface area contributed by atoms with Gasteiger partial charge in [-0.2, -0.15) is 0 Å². The molecule has 0 spiro atoms. The van der Waals surface area contributed by atoms with Gasteiger partial charge in [-0.1, -0.05) is 11.2 Å². The van der Waals surface area contributed by atoms with Crippen LogP contribution < -0.4 is 0 Å². The van der Waals surface area contributed by atoms with Crippen LogP contribution in [0.3, 0.4) is 0 Å². The normalized spacial score (nSPS) is 11.0. The number of imidazole rings is 1. The molecule has 0 aliphatic carbocycles. The first-order chi connectivity index (χ1) is 12.6. The van der Waals surface area contributed by atoms with Crippen LogP contribution >= 0.6 is 0 Å². The highest BCUT2D eigenvalue weighted by Gasteiger charge is 2.18. The van der Waals surface area contributed by atoms with Crippen molar-refractivity contribution in [1.82, 2.24) is 24.4 Å². The summed E-state index contributed by atoms with van der Waals surface area (Å²) < 4.78 is 7.21. The number of aromatic nitrogens is 4. The maximum atomic E-state index is 12.7. The summed E-state index contributed by atoms with van der Waals surface area (Å²) in [5.74, 6) is 0.421. The second kappa shape index (κ2) is 6.44. The molecule has 0 radical (unpaired) electrons. The quantitative estimate of drug-likeness (QED) is 0.567. The summed E-state index contributed by atoms with van der Waals surface area (Å²) >= 11 is 0. The van der Waals surface area contributed by atoms with Crippen molar-refractivity contribution in [2.24, 2.45) is 0 Å². The molecule has 1 amide bonds. The first-order valence-corrected chi connectivity index (χ1v) is 8.17. The SMILES string of the molecule is Cc1ccc2nc(C(=O)N(C)Cc3cc(-c4cccnc4)no3)cn2c1. The number of carbonyl (C=O) groups is 1. The molecule has 4 aromatic rings. The lowest BCUT2D eigenvalue weighted by Crippen LogP contribution is -2.26. The lowest BCUT2D eigenvalue weighted by Gasteiger charge is -2.13. The zero-order chi connectivity index (χ0) is 18.1. The van der Waals surface area contributed by atoms with E-state index in [1.165, 1.54) is 0 Å². The highest BCUT2D eigenvalue weighted by Crippen LogP contribution is 2.19. The van der Waals surface area contributed by atoms with E-state index in [1.54, 1.807) is 30.5 Å². The Balaban J connectivity index is 1.51. The monoisotopic (exact) mass is 347 g/mol. The zero-order valence-electron chi connectivity index (χ0n) is 14.5. The van der Waals surface area contributed by atoms with E-state index in [0.29, 0.717) is 23.7 Å². The standard InChI is InChI=1S/C19H17N5O2/c1-13-5-6-18-21-17(12-24(18)10-13)19(25)23(2)11-15-8-16(22-26-15)14-4-3-7-20-9-14/h3-10,12H,11H2,1-2H3. The van der Waals surface area contributed by atoms with Gasteiger partial charge >= 0.3 is 0 Å². The van der Waals surface area contributed by atoms with E-state index in [0.717, 1.165) is 16.8 Å². The van der Waals surface area contributed by atoms with Gasteiger partial charge in [-0.3, -0.25) is 9.78 Å². The summed E-state index contributed by atoms with van der Waals surface area (Å²) in [4.78, 5) is 22.7. The smallest absolute Gasteiger partial charge is 0.274 e. The molecule has 4 heterocycles. The van der Waals surface area contributed by atoms with Gasteiger partial charge in [0, 0.05) is 43.5 Å². The lowest BCUT2D eigenvalue weighted by atomic mass is 10.2. The summed E-state index contributed by atoms with van der Waals surface area (Å²) in [5.41, 5.74) is 3.80. The van der Waals surface area contributed by atoms with Crippen molar-refractivity contribution in [1.29, 1.82) is 0 Å². The molecule has 0 aliphatic rings. The lowest BCUT2D eigenvalue weighted by molar-refractivity contribution is 0.0767. The average Bonchev–Trinajstić information content (AvgIpc) is 3.28. The van der Waals surface area contributed by atoms with Gasteiger partial charge in [-0.25, -0.2) is 4.98 Å². The molecule has 0 fully saturated rings. The molecule has 0 saturated carbocycles. The summed E-state index contributed by atoms with van der Waals surface area (Å²) in [6.45, 7) is 2.30. The summed E-state index contributed by atoms with van der Waals surface area (Å²) in [7, 11) is 1.71. The van der Waals surface area contributed by atoms with E-state index in [1.807, 2.05) is 47.9 Å². The second-order valence-corrected chi connectivity index (χ2v) is 6.18. The molecule has 0 N–H and O–H groups in total. The van der Waals surface area contributed by atoms with Gasteiger partial charge in [0.25, 0.3) is 5.91 Å². The zero-order valence-corrected chi connectivity index (χ0v) is 14.5. The third-order valence-corrected chi connectivity index (χ3v) is 4.07. The molecule has 4 aromatic heterocycles. The number of amides is 1. The highest BCUT2D eigenvalue weighted by molar-refractivity contribution is 5.92. The molecule has 0 saturated heterocycles. The number of hydrogen-bond donors (Lipinski definition) is 0. The fourth-order valence-corrected chi connectivity index (χ4v) is 2.74. The Hall–Kier alpha value is -3.48. The van der Waals surface area contributed by atoms with Crippen LogP contribution in [0.25, 0.3) is 16.9 Å². The maximum Gasteiger partial charge on any atom is 0.274 e. The third-order valence-electron chi connectivity index (χ3n) is 4.07. The first-order valence-electron chi connectivity index (χ1n) is 8.17. The molecular formula is C19H17N5O2. The fourth-order valence-electron chi connectivity index (χ4n) is 2.74. The van der Waals surface area contributed by atoms with E-state index >= 15 is 0 Å². The molecule has 4 rings (SSSR count). The summed E-state index contributed by atoms with van der Waals surface area (Å²) in [6, 6.07) is 9.41. The van der Waals surface area contributed by atoms with Gasteiger partial charge < -0.3 is 13.8 Å². The van der Waals surface area contributed by atoms with Gasteiger partial charge in [0.05, 0.1) is 6.54 Å². The molecule has 0 aromatic carbocycles.